The Morgan fingerprint density at radius 2 is 2.00 bits per heavy atom. The monoisotopic (exact) mass is 479 g/mol. The van der Waals surface area contributed by atoms with Crippen LogP contribution in [0.5, 0.6) is 0 Å². The molecule has 0 aliphatic carbocycles. The first-order valence-corrected chi connectivity index (χ1v) is 12.0. The molecule has 1 amide bonds. The highest BCUT2D eigenvalue weighted by molar-refractivity contribution is 7.92. The SMILES string of the molecule is Cc1c(F)ccc(F)c1-c1[nH]ncc1C(=O)N[C@@H](c1cccc(Cl)c1)[C@@H]1CCCS1(=O)=O. The van der Waals surface area contributed by atoms with E-state index in [2.05, 4.69) is 15.5 Å². The molecule has 1 aromatic heterocycles. The minimum absolute atomic E-state index is 0.0103. The Morgan fingerprint density at radius 3 is 2.69 bits per heavy atom. The van der Waals surface area contributed by atoms with Gasteiger partial charge < -0.3 is 5.32 Å². The van der Waals surface area contributed by atoms with E-state index in [-0.39, 0.29) is 28.1 Å². The number of nitrogens with zero attached hydrogens (tertiary/aromatic N) is 1. The number of H-pyrrole nitrogens is 1. The second kappa shape index (κ2) is 8.63. The van der Waals surface area contributed by atoms with Crippen LogP contribution in [0.1, 0.15) is 40.4 Å². The number of amides is 1. The van der Waals surface area contributed by atoms with Gasteiger partial charge in [0.25, 0.3) is 5.91 Å². The third kappa shape index (κ3) is 4.14. The van der Waals surface area contributed by atoms with Gasteiger partial charge >= 0.3 is 0 Å². The van der Waals surface area contributed by atoms with Gasteiger partial charge in [-0.15, -0.1) is 0 Å². The summed E-state index contributed by atoms with van der Waals surface area (Å²) in [5.41, 5.74) is 0.434. The maximum absolute atomic E-state index is 14.5. The first-order chi connectivity index (χ1) is 15.2. The van der Waals surface area contributed by atoms with Gasteiger partial charge in [-0.25, -0.2) is 17.2 Å². The standard InChI is InChI=1S/C22H20ClF2N3O3S/c1-12-16(24)7-8-17(25)19(12)21-15(11-26-28-21)22(29)27-20(13-4-2-5-14(23)10-13)18-6-3-9-32(18,30)31/h2,4-5,7-8,10-11,18,20H,3,6,9H2,1H3,(H,26,28)(H,27,29)/t18-,20-/m0/s1. The zero-order valence-electron chi connectivity index (χ0n) is 17.0. The molecule has 0 radical (unpaired) electrons. The number of carbonyl (C=O) groups excluding carboxylic acids is 1. The summed E-state index contributed by atoms with van der Waals surface area (Å²) >= 11 is 6.10. The number of benzene rings is 2. The summed E-state index contributed by atoms with van der Waals surface area (Å²) in [5, 5.41) is 8.75. The molecular weight excluding hydrogens is 460 g/mol. The van der Waals surface area contributed by atoms with Crippen molar-refractivity contribution >= 4 is 27.3 Å². The van der Waals surface area contributed by atoms with E-state index >= 15 is 0 Å². The van der Waals surface area contributed by atoms with Gasteiger partial charge in [0, 0.05) is 10.6 Å². The first kappa shape index (κ1) is 22.4. The highest BCUT2D eigenvalue weighted by Crippen LogP contribution is 2.34. The summed E-state index contributed by atoms with van der Waals surface area (Å²) in [6.07, 6.45) is 2.08. The number of carbonyl (C=O) groups is 1. The minimum atomic E-state index is -3.43. The molecule has 6 nitrogen and oxygen atoms in total. The van der Waals surface area contributed by atoms with Crippen LogP contribution in [0.4, 0.5) is 8.78 Å². The molecule has 0 saturated carbocycles. The Balaban J connectivity index is 1.74. The molecule has 10 heteroatoms. The van der Waals surface area contributed by atoms with Gasteiger partial charge in [-0.3, -0.25) is 9.89 Å². The van der Waals surface area contributed by atoms with E-state index < -0.39 is 38.7 Å². The van der Waals surface area contributed by atoms with Crippen molar-refractivity contribution < 1.29 is 22.0 Å². The number of aromatic amines is 1. The van der Waals surface area contributed by atoms with Crippen LogP contribution in [0.25, 0.3) is 11.3 Å². The van der Waals surface area contributed by atoms with Crippen LogP contribution in [0.15, 0.2) is 42.6 Å². The molecular formula is C22H20ClF2N3O3S. The Hall–Kier alpha value is -2.78. The number of sulfone groups is 1. The summed E-state index contributed by atoms with van der Waals surface area (Å²) < 4.78 is 53.9. The average molecular weight is 480 g/mol. The highest BCUT2D eigenvalue weighted by Gasteiger charge is 2.39. The Bertz CT molecular complexity index is 1290. The molecule has 0 bridgehead atoms. The molecule has 0 spiro atoms. The van der Waals surface area contributed by atoms with Crippen LogP contribution < -0.4 is 5.32 Å². The van der Waals surface area contributed by atoms with Crippen LogP contribution in [0.2, 0.25) is 5.02 Å². The summed E-state index contributed by atoms with van der Waals surface area (Å²) in [6.45, 7) is 1.40. The third-order valence-electron chi connectivity index (χ3n) is 5.73. The number of halogens is 3. The zero-order chi connectivity index (χ0) is 23.0. The fourth-order valence-corrected chi connectivity index (χ4v) is 6.35. The van der Waals surface area contributed by atoms with Crippen molar-refractivity contribution in [3.05, 3.63) is 75.9 Å². The molecule has 0 unspecified atom stereocenters. The van der Waals surface area contributed by atoms with E-state index in [1.54, 1.807) is 24.3 Å². The average Bonchev–Trinajstić information content (AvgIpc) is 3.35. The zero-order valence-corrected chi connectivity index (χ0v) is 18.6. The van der Waals surface area contributed by atoms with Gasteiger partial charge in [-0.05, 0) is 55.2 Å². The lowest BCUT2D eigenvalue weighted by Gasteiger charge is -2.25. The molecule has 1 aliphatic rings. The van der Waals surface area contributed by atoms with Crippen molar-refractivity contribution in [2.45, 2.75) is 31.1 Å². The van der Waals surface area contributed by atoms with Gasteiger partial charge in [0.2, 0.25) is 0 Å². The normalized spacial score (nSPS) is 18.4. The molecule has 168 valence electrons. The lowest BCUT2D eigenvalue weighted by atomic mass is 9.98. The van der Waals surface area contributed by atoms with Crippen LogP contribution in [-0.4, -0.2) is 35.5 Å². The first-order valence-electron chi connectivity index (χ1n) is 9.95. The van der Waals surface area contributed by atoms with Crippen molar-refractivity contribution in [3.63, 3.8) is 0 Å². The number of rotatable bonds is 5. The quantitative estimate of drug-likeness (QED) is 0.568. The van der Waals surface area contributed by atoms with Crippen LogP contribution in [0.3, 0.4) is 0 Å². The Kier molecular flexibility index (Phi) is 6.05. The van der Waals surface area contributed by atoms with Crippen molar-refractivity contribution in [1.82, 2.24) is 15.5 Å². The topological polar surface area (TPSA) is 91.9 Å². The van der Waals surface area contributed by atoms with Crippen molar-refractivity contribution in [2.24, 2.45) is 0 Å². The second-order valence-electron chi connectivity index (χ2n) is 7.74. The Labute approximate surface area is 188 Å². The van der Waals surface area contributed by atoms with Gasteiger partial charge in [0.1, 0.15) is 11.6 Å². The lowest BCUT2D eigenvalue weighted by Crippen LogP contribution is -2.38. The maximum Gasteiger partial charge on any atom is 0.255 e. The summed E-state index contributed by atoms with van der Waals surface area (Å²) in [7, 11) is -3.43. The van der Waals surface area contributed by atoms with Crippen LogP contribution >= 0.6 is 11.6 Å². The van der Waals surface area contributed by atoms with Crippen molar-refractivity contribution in [3.8, 4) is 11.3 Å². The molecule has 2 aromatic carbocycles. The van der Waals surface area contributed by atoms with E-state index in [0.29, 0.717) is 23.4 Å². The molecule has 2 N–H and O–H groups in total. The second-order valence-corrected chi connectivity index (χ2v) is 10.5. The fourth-order valence-electron chi connectivity index (χ4n) is 4.11. The largest absolute Gasteiger partial charge is 0.344 e. The number of hydrogen-bond donors (Lipinski definition) is 2. The van der Waals surface area contributed by atoms with Gasteiger partial charge in [-0.1, -0.05) is 23.7 Å². The van der Waals surface area contributed by atoms with E-state index in [0.717, 1.165) is 12.1 Å². The van der Waals surface area contributed by atoms with Crippen molar-refractivity contribution in [1.29, 1.82) is 0 Å². The van der Waals surface area contributed by atoms with E-state index in [9.17, 15) is 22.0 Å². The van der Waals surface area contributed by atoms with Gasteiger partial charge in [0.05, 0.1) is 34.5 Å². The third-order valence-corrected chi connectivity index (χ3v) is 8.25. The van der Waals surface area contributed by atoms with Crippen LogP contribution in [0, 0.1) is 18.6 Å². The van der Waals surface area contributed by atoms with Crippen LogP contribution in [-0.2, 0) is 9.84 Å². The number of aromatic nitrogens is 2. The highest BCUT2D eigenvalue weighted by atomic mass is 35.5. The summed E-state index contributed by atoms with van der Waals surface area (Å²) in [6, 6.07) is 7.73. The number of hydrogen-bond acceptors (Lipinski definition) is 4. The van der Waals surface area contributed by atoms with Gasteiger partial charge in [-0.2, -0.15) is 5.10 Å². The van der Waals surface area contributed by atoms with Gasteiger partial charge in [0.15, 0.2) is 9.84 Å². The maximum atomic E-state index is 14.5. The molecule has 4 rings (SSSR count). The smallest absolute Gasteiger partial charge is 0.255 e. The predicted molar refractivity (Wildman–Crippen MR) is 117 cm³/mol. The Morgan fingerprint density at radius 1 is 1.25 bits per heavy atom. The van der Waals surface area contributed by atoms with E-state index in [4.69, 9.17) is 11.6 Å². The molecule has 2 atom stereocenters. The van der Waals surface area contributed by atoms with E-state index in [1.165, 1.54) is 13.1 Å². The number of nitrogens with one attached hydrogen (secondary N) is 2. The summed E-state index contributed by atoms with van der Waals surface area (Å²) in [5.74, 6) is -1.97. The van der Waals surface area contributed by atoms with E-state index in [1.807, 2.05) is 0 Å². The molecule has 2 heterocycles. The molecule has 1 saturated heterocycles. The fraction of sp³-hybridized carbons (Fsp3) is 0.273. The predicted octanol–water partition coefficient (Wildman–Crippen LogP) is 4.37. The molecule has 1 fully saturated rings. The van der Waals surface area contributed by atoms with Crippen molar-refractivity contribution in [2.75, 3.05) is 5.75 Å². The molecule has 1 aliphatic heterocycles. The lowest BCUT2D eigenvalue weighted by molar-refractivity contribution is 0.0936. The molecule has 3 aromatic rings. The molecule has 32 heavy (non-hydrogen) atoms. The minimum Gasteiger partial charge on any atom is -0.344 e. The summed E-state index contributed by atoms with van der Waals surface area (Å²) in [4.78, 5) is 13.2.